The Bertz CT molecular complexity index is 1220. The van der Waals surface area contributed by atoms with Crippen LogP contribution in [-0.2, 0) is 21.1 Å². The molecule has 0 saturated heterocycles. The number of pyridine rings is 1. The zero-order valence-electron chi connectivity index (χ0n) is 16.6. The number of aromatic nitrogens is 3. The van der Waals surface area contributed by atoms with Crippen molar-refractivity contribution < 1.29 is 4.57 Å². The van der Waals surface area contributed by atoms with E-state index in [0.29, 0.717) is 5.84 Å². The van der Waals surface area contributed by atoms with Gasteiger partial charge in [0.1, 0.15) is 7.05 Å². The molecule has 0 spiro atoms. The molecule has 4 rings (SSSR count). The number of aryl methyl sites for hydroxylation is 3. The number of fused-ring (bicyclic) bond motifs is 1. The van der Waals surface area contributed by atoms with Crippen LogP contribution in [0, 0.1) is 0 Å². The third kappa shape index (κ3) is 3.89. The molecule has 4 aromatic rings. The lowest BCUT2D eigenvalue weighted by atomic mass is 10.2. The summed E-state index contributed by atoms with van der Waals surface area (Å²) in [6.07, 6.45) is 3.85. The summed E-state index contributed by atoms with van der Waals surface area (Å²) >= 11 is 0. The Morgan fingerprint density at radius 1 is 0.793 bits per heavy atom. The first-order valence-electron chi connectivity index (χ1n) is 9.28. The maximum Gasteiger partial charge on any atom is 0.230 e. The number of benzene rings is 2. The highest BCUT2D eigenvalue weighted by Crippen LogP contribution is 2.12. The van der Waals surface area contributed by atoms with E-state index in [1.54, 1.807) is 0 Å². The van der Waals surface area contributed by atoms with Crippen LogP contribution < -0.4 is 10.2 Å². The van der Waals surface area contributed by atoms with Crippen LogP contribution in [0.15, 0.2) is 99.6 Å². The van der Waals surface area contributed by atoms with Gasteiger partial charge in [0.25, 0.3) is 0 Å². The molecule has 0 saturated carbocycles. The third-order valence-corrected chi connectivity index (χ3v) is 4.69. The number of nitrogens with zero attached hydrogens (tertiary/aromatic N) is 7. The smallest absolute Gasteiger partial charge is 0.230 e. The van der Waals surface area contributed by atoms with E-state index in [0.717, 1.165) is 27.9 Å². The van der Waals surface area contributed by atoms with E-state index in [-0.39, 0.29) is 0 Å². The first-order chi connectivity index (χ1) is 14.1. The van der Waals surface area contributed by atoms with Gasteiger partial charge in [0.05, 0.1) is 16.7 Å². The van der Waals surface area contributed by atoms with Crippen LogP contribution in [0.25, 0.3) is 11.0 Å². The Labute approximate surface area is 168 Å². The van der Waals surface area contributed by atoms with Crippen molar-refractivity contribution in [1.29, 1.82) is 0 Å². The highest BCUT2D eigenvalue weighted by atomic mass is 15.3. The minimum absolute atomic E-state index is 0.448. The van der Waals surface area contributed by atoms with Gasteiger partial charge >= 0.3 is 0 Å². The van der Waals surface area contributed by atoms with E-state index in [2.05, 4.69) is 32.6 Å². The average molecular weight is 384 g/mol. The van der Waals surface area contributed by atoms with Gasteiger partial charge in [-0.1, -0.05) is 42.5 Å². The van der Waals surface area contributed by atoms with Crippen LogP contribution in [-0.4, -0.2) is 15.0 Å². The van der Waals surface area contributed by atoms with Crippen molar-refractivity contribution in [1.82, 2.24) is 9.13 Å². The van der Waals surface area contributed by atoms with E-state index < -0.39 is 0 Å². The van der Waals surface area contributed by atoms with E-state index in [1.807, 2.05) is 102 Å². The van der Waals surface area contributed by atoms with Gasteiger partial charge in [-0.15, -0.1) is 20.4 Å². The maximum absolute atomic E-state index is 4.50. The third-order valence-electron chi connectivity index (χ3n) is 4.69. The van der Waals surface area contributed by atoms with Crippen LogP contribution in [0.2, 0.25) is 0 Å². The summed E-state index contributed by atoms with van der Waals surface area (Å²) in [6.45, 7) is 0. The van der Waals surface area contributed by atoms with E-state index >= 15 is 0 Å². The van der Waals surface area contributed by atoms with Crippen molar-refractivity contribution >= 4 is 22.6 Å². The molecule has 0 aliphatic heterocycles. The van der Waals surface area contributed by atoms with Gasteiger partial charge in [0.15, 0.2) is 12.4 Å². The van der Waals surface area contributed by atoms with Crippen LogP contribution in [0.5, 0.6) is 0 Å². The van der Waals surface area contributed by atoms with Crippen molar-refractivity contribution in [3.05, 3.63) is 90.3 Å². The van der Waals surface area contributed by atoms with Crippen molar-refractivity contribution in [3.8, 4) is 0 Å². The fourth-order valence-corrected chi connectivity index (χ4v) is 3.09. The number of azo groups is 1. The SMILES string of the molecule is Cn1c(=N/N=C(\N=Nc2cc[n+](C)cc2)c2ccccc2)n(C)c2ccccc21. The molecule has 2 aromatic heterocycles. The Kier molecular flexibility index (Phi) is 5.11. The van der Waals surface area contributed by atoms with Crippen molar-refractivity contribution in [2.75, 3.05) is 0 Å². The summed E-state index contributed by atoms with van der Waals surface area (Å²) in [7, 11) is 5.91. The molecule has 0 radical (unpaired) electrons. The molecule has 0 fully saturated rings. The maximum atomic E-state index is 4.50. The van der Waals surface area contributed by atoms with Crippen LogP contribution in [0.4, 0.5) is 5.69 Å². The summed E-state index contributed by atoms with van der Waals surface area (Å²) in [5.74, 6) is 0.448. The number of rotatable bonds is 3. The van der Waals surface area contributed by atoms with E-state index in [9.17, 15) is 0 Å². The number of imidazole rings is 1. The first kappa shape index (κ1) is 18.5. The van der Waals surface area contributed by atoms with E-state index in [1.165, 1.54) is 0 Å². The summed E-state index contributed by atoms with van der Waals surface area (Å²) in [4.78, 5) is 0. The Balaban J connectivity index is 1.81. The molecule has 0 atom stereocenters. The Morgan fingerprint density at radius 3 is 2.00 bits per heavy atom. The van der Waals surface area contributed by atoms with Gasteiger partial charge in [-0.05, 0) is 12.1 Å². The minimum atomic E-state index is 0.448. The first-order valence-corrected chi connectivity index (χ1v) is 9.28. The molecule has 0 N–H and O–H groups in total. The molecular formula is C22H22N7+. The minimum Gasteiger partial charge on any atom is -0.312 e. The van der Waals surface area contributed by atoms with Crippen LogP contribution in [0.3, 0.4) is 0 Å². The number of amidine groups is 1. The number of hydrogen-bond donors (Lipinski definition) is 0. The summed E-state index contributed by atoms with van der Waals surface area (Å²) in [6, 6.07) is 21.7. The normalized spacial score (nSPS) is 12.0. The fourth-order valence-electron chi connectivity index (χ4n) is 3.09. The molecule has 0 unspecified atom stereocenters. The van der Waals surface area contributed by atoms with Crippen molar-refractivity contribution in [2.24, 2.45) is 41.6 Å². The second kappa shape index (κ2) is 8.02. The molecule has 2 heterocycles. The monoisotopic (exact) mass is 384 g/mol. The molecule has 7 heteroatoms. The molecule has 144 valence electrons. The lowest BCUT2D eigenvalue weighted by Crippen LogP contribution is -2.25. The van der Waals surface area contributed by atoms with Crippen molar-refractivity contribution in [3.63, 3.8) is 0 Å². The molecule has 29 heavy (non-hydrogen) atoms. The molecule has 0 amide bonds. The summed E-state index contributed by atoms with van der Waals surface area (Å²) < 4.78 is 5.96. The lowest BCUT2D eigenvalue weighted by Gasteiger charge is -1.98. The summed E-state index contributed by atoms with van der Waals surface area (Å²) in [5, 5.41) is 17.7. The second-order valence-electron chi connectivity index (χ2n) is 6.72. The zero-order valence-corrected chi connectivity index (χ0v) is 16.6. The molecule has 0 aliphatic rings. The predicted molar refractivity (Wildman–Crippen MR) is 113 cm³/mol. The van der Waals surface area contributed by atoms with Gasteiger partial charge in [-0.3, -0.25) is 0 Å². The number of hydrogen-bond acceptors (Lipinski definition) is 3. The predicted octanol–water partition coefficient (Wildman–Crippen LogP) is 3.39. The Morgan fingerprint density at radius 2 is 1.38 bits per heavy atom. The highest BCUT2D eigenvalue weighted by Gasteiger charge is 2.06. The van der Waals surface area contributed by atoms with Gasteiger partial charge in [0, 0.05) is 31.8 Å². The quantitative estimate of drug-likeness (QED) is 0.171. The standard InChI is InChI=1S/C22H22N7/c1-27-15-13-18(14-16-27)23-24-21(17-9-5-4-6-10-17)25-26-22-28(2)19-11-7-8-12-20(19)29(22)3/h4-16H,1-3H3/q+1. The Hall–Kier alpha value is -3.87. The molecule has 0 bridgehead atoms. The average Bonchev–Trinajstić information content (AvgIpc) is 3.00. The van der Waals surface area contributed by atoms with E-state index in [4.69, 9.17) is 0 Å². The highest BCUT2D eigenvalue weighted by molar-refractivity contribution is 5.99. The largest absolute Gasteiger partial charge is 0.312 e. The van der Waals surface area contributed by atoms with Gasteiger partial charge in [0.2, 0.25) is 11.5 Å². The molecule has 7 nitrogen and oxygen atoms in total. The van der Waals surface area contributed by atoms with Crippen molar-refractivity contribution in [2.45, 2.75) is 0 Å². The van der Waals surface area contributed by atoms with Gasteiger partial charge < -0.3 is 9.13 Å². The molecule has 2 aromatic carbocycles. The number of para-hydroxylation sites is 2. The van der Waals surface area contributed by atoms with Gasteiger partial charge in [-0.2, -0.15) is 0 Å². The fraction of sp³-hybridized carbons (Fsp3) is 0.136. The lowest BCUT2D eigenvalue weighted by molar-refractivity contribution is -0.671. The molecule has 0 aliphatic carbocycles. The summed E-state index contributed by atoms with van der Waals surface area (Å²) in [5.41, 5.74) is 4.50. The van der Waals surface area contributed by atoms with Gasteiger partial charge in [-0.25, -0.2) is 4.57 Å². The topological polar surface area (TPSA) is 63.2 Å². The molecular weight excluding hydrogens is 362 g/mol. The van der Waals surface area contributed by atoms with Crippen LogP contribution in [0.1, 0.15) is 5.56 Å². The zero-order chi connectivity index (χ0) is 20.2. The van der Waals surface area contributed by atoms with Crippen LogP contribution >= 0.6 is 0 Å². The second-order valence-corrected chi connectivity index (χ2v) is 6.72.